The van der Waals surface area contributed by atoms with Crippen molar-refractivity contribution in [3.05, 3.63) is 25.3 Å². The zero-order chi connectivity index (χ0) is 12.8. The molecule has 0 heterocycles. The number of rotatable bonds is 13. The molecule has 0 aliphatic heterocycles. The van der Waals surface area contributed by atoms with Gasteiger partial charge in [0.2, 0.25) is 0 Å². The number of methoxy groups -OCH3 is 1. The van der Waals surface area contributed by atoms with E-state index in [-0.39, 0.29) is 0 Å². The summed E-state index contributed by atoms with van der Waals surface area (Å²) in [5, 5.41) is 0. The van der Waals surface area contributed by atoms with Crippen LogP contribution in [0, 0.1) is 0 Å². The average Bonchev–Trinajstić information content (AvgIpc) is 2.36. The standard InChI is InChI=1S/C16H30O/c1-4-6-8-10-12-14-16(17-3)15-13-11-9-7-5-2/h4-5,16H,1-2,6-15H2,3H3. The molecule has 0 spiro atoms. The van der Waals surface area contributed by atoms with Crippen LogP contribution in [0.4, 0.5) is 0 Å². The highest BCUT2D eigenvalue weighted by Crippen LogP contribution is 2.14. The maximum Gasteiger partial charge on any atom is 0.0571 e. The van der Waals surface area contributed by atoms with Gasteiger partial charge in [-0.15, -0.1) is 13.2 Å². The first-order valence-electron chi connectivity index (χ1n) is 7.09. The van der Waals surface area contributed by atoms with E-state index in [1.807, 2.05) is 19.3 Å². The third-order valence-electron chi connectivity index (χ3n) is 3.20. The van der Waals surface area contributed by atoms with E-state index in [0.717, 1.165) is 12.8 Å². The van der Waals surface area contributed by atoms with Gasteiger partial charge in [0, 0.05) is 7.11 Å². The molecule has 0 saturated heterocycles. The normalized spacial score (nSPS) is 10.7. The van der Waals surface area contributed by atoms with Gasteiger partial charge in [0.25, 0.3) is 0 Å². The molecule has 0 aromatic carbocycles. The van der Waals surface area contributed by atoms with Crippen LogP contribution in [-0.2, 0) is 4.74 Å². The van der Waals surface area contributed by atoms with E-state index in [0.29, 0.717) is 6.10 Å². The van der Waals surface area contributed by atoms with E-state index < -0.39 is 0 Å². The van der Waals surface area contributed by atoms with Gasteiger partial charge in [0.1, 0.15) is 0 Å². The Kier molecular flexibility index (Phi) is 13.1. The first-order chi connectivity index (χ1) is 8.35. The summed E-state index contributed by atoms with van der Waals surface area (Å²) in [6.07, 6.45) is 17.0. The van der Waals surface area contributed by atoms with Gasteiger partial charge in [-0.2, -0.15) is 0 Å². The fourth-order valence-electron chi connectivity index (χ4n) is 2.05. The summed E-state index contributed by atoms with van der Waals surface area (Å²) in [4.78, 5) is 0. The van der Waals surface area contributed by atoms with Gasteiger partial charge < -0.3 is 4.74 Å². The van der Waals surface area contributed by atoms with Crippen molar-refractivity contribution in [3.63, 3.8) is 0 Å². The maximum absolute atomic E-state index is 5.52. The van der Waals surface area contributed by atoms with Gasteiger partial charge in [-0.3, -0.25) is 0 Å². The predicted molar refractivity (Wildman–Crippen MR) is 77.4 cm³/mol. The molecule has 100 valence electrons. The monoisotopic (exact) mass is 238 g/mol. The Labute approximate surface area is 108 Å². The second kappa shape index (κ2) is 13.5. The third-order valence-corrected chi connectivity index (χ3v) is 3.20. The van der Waals surface area contributed by atoms with Crippen molar-refractivity contribution in [1.82, 2.24) is 0 Å². The number of hydrogen-bond acceptors (Lipinski definition) is 1. The highest BCUT2D eigenvalue weighted by Gasteiger charge is 2.06. The van der Waals surface area contributed by atoms with E-state index in [1.165, 1.54) is 51.4 Å². The molecule has 0 atom stereocenters. The first kappa shape index (κ1) is 16.4. The number of allylic oxidation sites excluding steroid dienone is 2. The summed E-state index contributed by atoms with van der Waals surface area (Å²) in [6.45, 7) is 7.49. The SMILES string of the molecule is C=CCCCCCC(CCCCCC=C)OC. The van der Waals surface area contributed by atoms with E-state index in [1.54, 1.807) is 0 Å². The largest absolute Gasteiger partial charge is 0.381 e. The molecule has 0 N–H and O–H groups in total. The van der Waals surface area contributed by atoms with E-state index in [4.69, 9.17) is 4.74 Å². The zero-order valence-corrected chi connectivity index (χ0v) is 11.6. The van der Waals surface area contributed by atoms with Crippen LogP contribution in [0.25, 0.3) is 0 Å². The Hall–Kier alpha value is -0.560. The molecule has 0 aromatic rings. The second-order valence-corrected chi connectivity index (χ2v) is 4.71. The van der Waals surface area contributed by atoms with Crippen LogP contribution in [0.5, 0.6) is 0 Å². The van der Waals surface area contributed by atoms with Crippen molar-refractivity contribution in [2.45, 2.75) is 70.3 Å². The molecular weight excluding hydrogens is 208 g/mol. The van der Waals surface area contributed by atoms with Gasteiger partial charge in [-0.25, -0.2) is 0 Å². The minimum atomic E-state index is 0.475. The van der Waals surface area contributed by atoms with Crippen LogP contribution >= 0.6 is 0 Å². The van der Waals surface area contributed by atoms with Crippen LogP contribution in [-0.4, -0.2) is 13.2 Å². The van der Waals surface area contributed by atoms with Crippen molar-refractivity contribution >= 4 is 0 Å². The summed E-state index contributed by atoms with van der Waals surface area (Å²) >= 11 is 0. The Morgan fingerprint density at radius 1 is 0.824 bits per heavy atom. The Morgan fingerprint density at radius 2 is 1.29 bits per heavy atom. The molecule has 0 radical (unpaired) electrons. The topological polar surface area (TPSA) is 9.23 Å². The van der Waals surface area contributed by atoms with Crippen molar-refractivity contribution in [3.8, 4) is 0 Å². The van der Waals surface area contributed by atoms with Crippen molar-refractivity contribution in [2.75, 3.05) is 7.11 Å². The van der Waals surface area contributed by atoms with Gasteiger partial charge >= 0.3 is 0 Å². The second-order valence-electron chi connectivity index (χ2n) is 4.71. The summed E-state index contributed by atoms with van der Waals surface area (Å²) in [5.74, 6) is 0. The number of hydrogen-bond donors (Lipinski definition) is 0. The minimum Gasteiger partial charge on any atom is -0.381 e. The van der Waals surface area contributed by atoms with Crippen molar-refractivity contribution in [2.24, 2.45) is 0 Å². The van der Waals surface area contributed by atoms with Gasteiger partial charge in [-0.05, 0) is 38.5 Å². The molecule has 17 heavy (non-hydrogen) atoms. The molecule has 1 nitrogen and oxygen atoms in total. The zero-order valence-electron chi connectivity index (χ0n) is 11.6. The van der Waals surface area contributed by atoms with Gasteiger partial charge in [-0.1, -0.05) is 37.8 Å². The Balaban J connectivity index is 3.35. The number of unbranched alkanes of at least 4 members (excludes halogenated alkanes) is 6. The van der Waals surface area contributed by atoms with Crippen molar-refractivity contribution < 1.29 is 4.74 Å². The highest BCUT2D eigenvalue weighted by molar-refractivity contribution is 4.67. The average molecular weight is 238 g/mol. The number of ether oxygens (including phenoxy) is 1. The van der Waals surface area contributed by atoms with Crippen LogP contribution in [0.2, 0.25) is 0 Å². The molecule has 0 aliphatic carbocycles. The van der Waals surface area contributed by atoms with E-state index in [2.05, 4.69) is 13.2 Å². The lowest BCUT2D eigenvalue weighted by atomic mass is 10.0. The lowest BCUT2D eigenvalue weighted by Gasteiger charge is -2.14. The fraction of sp³-hybridized carbons (Fsp3) is 0.750. The van der Waals surface area contributed by atoms with E-state index >= 15 is 0 Å². The van der Waals surface area contributed by atoms with Crippen LogP contribution in [0.3, 0.4) is 0 Å². The smallest absolute Gasteiger partial charge is 0.0571 e. The summed E-state index contributed by atoms with van der Waals surface area (Å²) in [7, 11) is 1.85. The molecule has 0 aliphatic rings. The minimum absolute atomic E-state index is 0.475. The molecule has 0 unspecified atom stereocenters. The van der Waals surface area contributed by atoms with Crippen LogP contribution in [0.15, 0.2) is 25.3 Å². The molecular formula is C16H30O. The van der Waals surface area contributed by atoms with Gasteiger partial charge in [0.05, 0.1) is 6.10 Å². The quantitative estimate of drug-likeness (QED) is 0.313. The predicted octanol–water partition coefficient (Wildman–Crippen LogP) is 5.27. The van der Waals surface area contributed by atoms with Crippen molar-refractivity contribution in [1.29, 1.82) is 0 Å². The highest BCUT2D eigenvalue weighted by atomic mass is 16.5. The lowest BCUT2D eigenvalue weighted by molar-refractivity contribution is 0.0833. The maximum atomic E-state index is 5.52. The molecule has 0 amide bonds. The molecule has 0 aromatic heterocycles. The van der Waals surface area contributed by atoms with Crippen LogP contribution < -0.4 is 0 Å². The van der Waals surface area contributed by atoms with E-state index in [9.17, 15) is 0 Å². The molecule has 0 fully saturated rings. The fourth-order valence-corrected chi connectivity index (χ4v) is 2.05. The molecule has 1 heteroatoms. The molecule has 0 bridgehead atoms. The molecule has 0 saturated carbocycles. The third kappa shape index (κ3) is 11.7. The first-order valence-corrected chi connectivity index (χ1v) is 7.09. The Bertz CT molecular complexity index is 156. The summed E-state index contributed by atoms with van der Waals surface area (Å²) in [5.41, 5.74) is 0. The Morgan fingerprint density at radius 3 is 1.65 bits per heavy atom. The molecule has 0 rings (SSSR count). The summed E-state index contributed by atoms with van der Waals surface area (Å²) in [6, 6.07) is 0. The van der Waals surface area contributed by atoms with Gasteiger partial charge in [0.15, 0.2) is 0 Å². The lowest BCUT2D eigenvalue weighted by Crippen LogP contribution is -2.10. The van der Waals surface area contributed by atoms with Crippen LogP contribution in [0.1, 0.15) is 64.2 Å². The summed E-state index contributed by atoms with van der Waals surface area (Å²) < 4.78 is 5.52.